The van der Waals surface area contributed by atoms with Gasteiger partial charge in [-0.15, -0.1) is 0 Å². The van der Waals surface area contributed by atoms with Crippen LogP contribution in [0.15, 0.2) is 34.8 Å². The summed E-state index contributed by atoms with van der Waals surface area (Å²) in [7, 11) is 3.08. The molecule has 0 atom stereocenters. The van der Waals surface area contributed by atoms with Gasteiger partial charge in [-0.3, -0.25) is 10.1 Å². The molecular formula is C20H22BrClN2O4S. The van der Waals surface area contributed by atoms with Crippen LogP contribution in [0.1, 0.15) is 29.8 Å². The largest absolute Gasteiger partial charge is 0.493 e. The molecule has 0 saturated carbocycles. The minimum atomic E-state index is -0.377. The Bertz CT molecular complexity index is 908. The lowest BCUT2D eigenvalue weighted by Gasteiger charge is -2.16. The van der Waals surface area contributed by atoms with Crippen molar-refractivity contribution in [2.75, 3.05) is 14.2 Å². The fourth-order valence-electron chi connectivity index (χ4n) is 2.46. The predicted molar refractivity (Wildman–Crippen MR) is 121 cm³/mol. The van der Waals surface area contributed by atoms with Crippen molar-refractivity contribution in [1.82, 2.24) is 10.6 Å². The molecule has 2 rings (SSSR count). The third-order valence-electron chi connectivity index (χ3n) is 3.77. The molecule has 2 aromatic carbocycles. The van der Waals surface area contributed by atoms with E-state index >= 15 is 0 Å². The van der Waals surface area contributed by atoms with Gasteiger partial charge in [-0.25, -0.2) is 0 Å². The fourth-order valence-corrected chi connectivity index (χ4v) is 3.20. The average molecular weight is 502 g/mol. The summed E-state index contributed by atoms with van der Waals surface area (Å²) in [5.74, 6) is 1.18. The Morgan fingerprint density at radius 2 is 1.79 bits per heavy atom. The number of hydrogen-bond acceptors (Lipinski definition) is 5. The van der Waals surface area contributed by atoms with Crippen LogP contribution < -0.4 is 24.8 Å². The summed E-state index contributed by atoms with van der Waals surface area (Å²) in [6.45, 7) is 4.08. The molecule has 2 aromatic rings. The van der Waals surface area contributed by atoms with E-state index in [1.54, 1.807) is 31.4 Å². The standard InChI is InChI=1S/C20H22BrClN2O4S/c1-11(2)28-16-6-5-13(21)8-14(16)19(25)24-20(29)23-10-12-7-17(26-3)18(27-4)9-15(12)22/h5-9,11H,10H2,1-4H3,(H2,23,24,25,29). The number of thiocarbonyl (C=S) groups is 1. The zero-order valence-corrected chi connectivity index (χ0v) is 19.6. The van der Waals surface area contributed by atoms with Gasteiger partial charge >= 0.3 is 0 Å². The van der Waals surface area contributed by atoms with Gasteiger partial charge in [-0.1, -0.05) is 27.5 Å². The van der Waals surface area contributed by atoms with E-state index < -0.39 is 0 Å². The molecule has 156 valence electrons. The van der Waals surface area contributed by atoms with Crippen LogP contribution in [0.5, 0.6) is 17.2 Å². The first-order chi connectivity index (χ1) is 13.7. The van der Waals surface area contributed by atoms with Crippen molar-refractivity contribution in [2.24, 2.45) is 0 Å². The number of nitrogens with one attached hydrogen (secondary N) is 2. The van der Waals surface area contributed by atoms with Gasteiger partial charge in [-0.05, 0) is 55.9 Å². The molecule has 0 unspecified atom stereocenters. The maximum atomic E-state index is 12.7. The summed E-state index contributed by atoms with van der Waals surface area (Å²) in [6.07, 6.45) is -0.0694. The Kier molecular flexibility index (Phi) is 8.55. The van der Waals surface area contributed by atoms with Gasteiger partial charge in [0.2, 0.25) is 0 Å². The molecule has 0 heterocycles. The second-order valence-electron chi connectivity index (χ2n) is 6.24. The maximum Gasteiger partial charge on any atom is 0.261 e. The average Bonchev–Trinajstić information content (AvgIpc) is 2.67. The molecule has 9 heteroatoms. The van der Waals surface area contributed by atoms with Crippen LogP contribution in [-0.4, -0.2) is 31.3 Å². The van der Waals surface area contributed by atoms with Crippen LogP contribution in [0.2, 0.25) is 5.02 Å². The van der Waals surface area contributed by atoms with E-state index in [1.165, 1.54) is 7.11 Å². The molecule has 0 aromatic heterocycles. The van der Waals surface area contributed by atoms with Crippen LogP contribution in [0, 0.1) is 0 Å². The van der Waals surface area contributed by atoms with Crippen LogP contribution in [0.4, 0.5) is 0 Å². The lowest BCUT2D eigenvalue weighted by Crippen LogP contribution is -2.39. The molecule has 6 nitrogen and oxygen atoms in total. The van der Waals surface area contributed by atoms with Crippen molar-refractivity contribution >= 4 is 50.8 Å². The van der Waals surface area contributed by atoms with E-state index in [4.69, 9.17) is 38.0 Å². The van der Waals surface area contributed by atoms with E-state index in [9.17, 15) is 4.79 Å². The molecule has 0 fully saturated rings. The van der Waals surface area contributed by atoms with Crippen LogP contribution in [-0.2, 0) is 6.54 Å². The van der Waals surface area contributed by atoms with E-state index in [-0.39, 0.29) is 17.1 Å². The summed E-state index contributed by atoms with van der Waals surface area (Å²) in [6, 6.07) is 8.64. The Morgan fingerprint density at radius 1 is 1.14 bits per heavy atom. The highest BCUT2D eigenvalue weighted by Gasteiger charge is 2.16. The van der Waals surface area contributed by atoms with Gasteiger partial charge in [0.05, 0.1) is 25.9 Å². The molecule has 0 radical (unpaired) electrons. The van der Waals surface area contributed by atoms with Crippen molar-refractivity contribution in [3.63, 3.8) is 0 Å². The summed E-state index contributed by atoms with van der Waals surface area (Å²) in [4.78, 5) is 12.7. The van der Waals surface area contributed by atoms with Gasteiger partial charge in [0, 0.05) is 22.1 Å². The molecule has 0 spiro atoms. The minimum absolute atomic E-state index is 0.0694. The van der Waals surface area contributed by atoms with Gasteiger partial charge in [0.25, 0.3) is 5.91 Å². The van der Waals surface area contributed by atoms with Crippen LogP contribution >= 0.6 is 39.7 Å². The monoisotopic (exact) mass is 500 g/mol. The number of rotatable bonds is 7. The zero-order chi connectivity index (χ0) is 21.6. The molecule has 0 aliphatic heterocycles. The number of carbonyl (C=O) groups is 1. The second-order valence-corrected chi connectivity index (χ2v) is 7.97. The van der Waals surface area contributed by atoms with E-state index in [0.29, 0.717) is 34.4 Å². The Labute approximate surface area is 189 Å². The number of amides is 1. The van der Waals surface area contributed by atoms with Crippen molar-refractivity contribution in [2.45, 2.75) is 26.5 Å². The normalized spacial score (nSPS) is 10.4. The van der Waals surface area contributed by atoms with E-state index in [2.05, 4.69) is 26.6 Å². The first kappa shape index (κ1) is 23.3. The highest BCUT2D eigenvalue weighted by atomic mass is 79.9. The smallest absolute Gasteiger partial charge is 0.261 e. The summed E-state index contributed by atoms with van der Waals surface area (Å²) < 4.78 is 17.0. The lowest BCUT2D eigenvalue weighted by atomic mass is 10.2. The zero-order valence-electron chi connectivity index (χ0n) is 16.5. The molecule has 0 bridgehead atoms. The van der Waals surface area contributed by atoms with Gasteiger partial charge in [0.15, 0.2) is 16.6 Å². The number of halogens is 2. The summed E-state index contributed by atoms with van der Waals surface area (Å²) in [5, 5.41) is 6.28. The predicted octanol–water partition coefficient (Wildman–Crippen LogP) is 4.71. The highest BCUT2D eigenvalue weighted by molar-refractivity contribution is 9.10. The Morgan fingerprint density at radius 3 is 2.41 bits per heavy atom. The molecular weight excluding hydrogens is 480 g/mol. The van der Waals surface area contributed by atoms with Crippen LogP contribution in [0.25, 0.3) is 0 Å². The number of hydrogen-bond donors (Lipinski definition) is 2. The molecule has 0 aliphatic carbocycles. The molecule has 1 amide bonds. The first-order valence-electron chi connectivity index (χ1n) is 8.71. The molecule has 2 N–H and O–H groups in total. The Balaban J connectivity index is 2.07. The number of ether oxygens (including phenoxy) is 3. The van der Waals surface area contributed by atoms with Gasteiger partial charge in [0.1, 0.15) is 5.75 Å². The van der Waals surface area contributed by atoms with Crippen molar-refractivity contribution < 1.29 is 19.0 Å². The third-order valence-corrected chi connectivity index (χ3v) is 4.86. The fraction of sp³-hybridized carbons (Fsp3) is 0.300. The number of carbonyl (C=O) groups excluding carboxylic acids is 1. The maximum absolute atomic E-state index is 12.7. The molecule has 0 saturated heterocycles. The second kappa shape index (κ2) is 10.7. The first-order valence-corrected chi connectivity index (χ1v) is 10.3. The molecule has 29 heavy (non-hydrogen) atoms. The highest BCUT2D eigenvalue weighted by Crippen LogP contribution is 2.33. The lowest BCUT2D eigenvalue weighted by molar-refractivity contribution is 0.0971. The van der Waals surface area contributed by atoms with Crippen molar-refractivity contribution in [1.29, 1.82) is 0 Å². The van der Waals surface area contributed by atoms with Crippen LogP contribution in [0.3, 0.4) is 0 Å². The van der Waals surface area contributed by atoms with E-state index in [1.807, 2.05) is 19.9 Å². The summed E-state index contributed by atoms with van der Waals surface area (Å²) >= 11 is 14.9. The number of benzene rings is 2. The SMILES string of the molecule is COc1cc(Cl)c(CNC(=S)NC(=O)c2cc(Br)ccc2OC(C)C)cc1OC. The summed E-state index contributed by atoms with van der Waals surface area (Å²) in [5.41, 5.74) is 1.12. The minimum Gasteiger partial charge on any atom is -0.493 e. The van der Waals surface area contributed by atoms with E-state index in [0.717, 1.165) is 10.0 Å². The topological polar surface area (TPSA) is 68.8 Å². The quantitative estimate of drug-likeness (QED) is 0.536. The third kappa shape index (κ3) is 6.48. The number of methoxy groups -OCH3 is 2. The van der Waals surface area contributed by atoms with Gasteiger partial charge in [-0.2, -0.15) is 0 Å². The Hall–Kier alpha value is -2.03. The van der Waals surface area contributed by atoms with Crippen molar-refractivity contribution in [3.8, 4) is 17.2 Å². The molecule has 0 aliphatic rings. The van der Waals surface area contributed by atoms with Gasteiger partial charge < -0.3 is 19.5 Å². The van der Waals surface area contributed by atoms with Crippen molar-refractivity contribution in [3.05, 3.63) is 51.0 Å².